The second-order valence-corrected chi connectivity index (χ2v) is 9.89. The zero-order chi connectivity index (χ0) is 20.6. The Morgan fingerprint density at radius 2 is 1.73 bits per heavy atom. The molecule has 5 nitrogen and oxygen atoms in total. The number of rotatable bonds is 6. The topological polar surface area (TPSA) is 66.1 Å². The van der Waals surface area contributed by atoms with E-state index < -0.39 is 9.84 Å². The van der Waals surface area contributed by atoms with Gasteiger partial charge in [-0.25, -0.2) is 8.42 Å². The van der Waals surface area contributed by atoms with E-state index in [1.54, 1.807) is 12.1 Å². The van der Waals surface area contributed by atoms with Gasteiger partial charge in [0.05, 0.1) is 10.4 Å². The van der Waals surface area contributed by atoms with Crippen molar-refractivity contribution in [1.29, 1.82) is 0 Å². The number of nitrogens with one attached hydrogen (secondary N) is 1. The highest BCUT2D eigenvalue weighted by Gasteiger charge is 2.25. The number of hydrogen-bond acceptors (Lipinski definition) is 4. The van der Waals surface area contributed by atoms with Crippen LogP contribution in [0.2, 0.25) is 0 Å². The minimum Gasteiger partial charge on any atom is -0.303 e. The number of likely N-dealkylation sites (tertiary alicyclic amines) is 1. The van der Waals surface area contributed by atoms with Crippen LogP contribution < -0.4 is 0 Å². The summed E-state index contributed by atoms with van der Waals surface area (Å²) in [5.41, 5.74) is 1.83. The first kappa shape index (κ1) is 19.3. The molecule has 1 N–H and O–H groups in total. The molecule has 2 heterocycles. The van der Waals surface area contributed by atoms with Crippen molar-refractivity contribution < 1.29 is 8.42 Å². The van der Waals surface area contributed by atoms with E-state index in [1.807, 2.05) is 42.5 Å². The fourth-order valence-corrected chi connectivity index (χ4v) is 6.02. The monoisotopic (exact) mass is 419 g/mol. The Hall–Kier alpha value is -2.70. The second-order valence-electron chi connectivity index (χ2n) is 8.04. The van der Waals surface area contributed by atoms with Crippen LogP contribution in [-0.4, -0.2) is 43.1 Å². The molecule has 0 radical (unpaired) electrons. The summed E-state index contributed by atoms with van der Waals surface area (Å²) in [6.07, 6.45) is 4.62. The predicted molar refractivity (Wildman–Crippen MR) is 119 cm³/mol. The molecule has 6 heteroatoms. The lowest BCUT2D eigenvalue weighted by atomic mass is 10.1. The molecule has 0 amide bonds. The molecule has 0 saturated carbocycles. The maximum Gasteiger partial charge on any atom is 0.224 e. The summed E-state index contributed by atoms with van der Waals surface area (Å²) in [6.45, 7) is 3.51. The molecule has 0 atom stereocenters. The van der Waals surface area contributed by atoms with E-state index in [4.69, 9.17) is 0 Å². The zero-order valence-electron chi connectivity index (χ0n) is 16.8. The van der Waals surface area contributed by atoms with E-state index in [1.165, 1.54) is 25.9 Å². The van der Waals surface area contributed by atoms with E-state index in [2.05, 4.69) is 21.2 Å². The fourth-order valence-electron chi connectivity index (χ4n) is 4.45. The van der Waals surface area contributed by atoms with Gasteiger partial charge in [0.1, 0.15) is 0 Å². The molecule has 0 unspecified atom stereocenters. The highest BCUT2D eigenvalue weighted by molar-refractivity contribution is 7.91. The summed E-state index contributed by atoms with van der Waals surface area (Å²) < 4.78 is 27.1. The van der Waals surface area contributed by atoms with Crippen LogP contribution in [0, 0.1) is 0 Å². The summed E-state index contributed by atoms with van der Waals surface area (Å²) in [4.78, 5) is 2.82. The Morgan fingerprint density at radius 1 is 0.933 bits per heavy atom. The maximum atomic E-state index is 13.5. The lowest BCUT2D eigenvalue weighted by molar-refractivity contribution is 0.334. The fraction of sp³-hybridized carbons (Fsp3) is 0.292. The molecule has 1 aromatic heterocycles. The van der Waals surface area contributed by atoms with E-state index in [9.17, 15) is 8.42 Å². The van der Waals surface area contributed by atoms with Crippen LogP contribution in [0.25, 0.3) is 21.7 Å². The summed E-state index contributed by atoms with van der Waals surface area (Å²) in [5.74, 6) is 0. The van der Waals surface area contributed by atoms with Crippen LogP contribution >= 0.6 is 0 Å². The first-order chi connectivity index (χ1) is 14.6. The Bertz CT molecular complexity index is 1300. The van der Waals surface area contributed by atoms with Crippen molar-refractivity contribution in [3.8, 4) is 0 Å². The first-order valence-corrected chi connectivity index (χ1v) is 12.0. The molecule has 1 saturated heterocycles. The number of H-pyrrole nitrogens is 1. The Kier molecular flexibility index (Phi) is 5.05. The third-order valence-corrected chi connectivity index (χ3v) is 7.81. The average molecular weight is 420 g/mol. The third-order valence-electron chi connectivity index (χ3n) is 6.03. The summed E-state index contributed by atoms with van der Waals surface area (Å²) in [7, 11) is -3.73. The molecule has 1 aliphatic heterocycles. The van der Waals surface area contributed by atoms with Crippen molar-refractivity contribution >= 4 is 31.5 Å². The summed E-state index contributed by atoms with van der Waals surface area (Å²) >= 11 is 0. The quantitative estimate of drug-likeness (QED) is 0.497. The van der Waals surface area contributed by atoms with Crippen LogP contribution in [0.3, 0.4) is 0 Å². The average Bonchev–Trinajstić information content (AvgIpc) is 3.43. The van der Waals surface area contributed by atoms with E-state index in [0.29, 0.717) is 15.8 Å². The van der Waals surface area contributed by atoms with Gasteiger partial charge in [0, 0.05) is 10.8 Å². The molecule has 30 heavy (non-hydrogen) atoms. The maximum absolute atomic E-state index is 13.5. The SMILES string of the molecule is O=S(=O)(c1cccc2ccccc12)c1[nH]nc2ccc(CCCN3CCCC3)cc12. The lowest BCUT2D eigenvalue weighted by Gasteiger charge is -2.14. The van der Waals surface area contributed by atoms with Crippen LogP contribution in [0.4, 0.5) is 0 Å². The summed E-state index contributed by atoms with van der Waals surface area (Å²) in [6, 6.07) is 18.9. The van der Waals surface area contributed by atoms with Crippen molar-refractivity contribution in [1.82, 2.24) is 15.1 Å². The highest BCUT2D eigenvalue weighted by atomic mass is 32.2. The molecule has 5 rings (SSSR count). The number of aryl methyl sites for hydroxylation is 1. The van der Waals surface area contributed by atoms with Crippen LogP contribution in [0.5, 0.6) is 0 Å². The van der Waals surface area contributed by atoms with Gasteiger partial charge in [0.15, 0.2) is 5.03 Å². The van der Waals surface area contributed by atoms with Crippen molar-refractivity contribution in [3.63, 3.8) is 0 Å². The van der Waals surface area contributed by atoms with E-state index >= 15 is 0 Å². The van der Waals surface area contributed by atoms with Crippen molar-refractivity contribution in [2.24, 2.45) is 0 Å². The summed E-state index contributed by atoms with van der Waals surface area (Å²) in [5, 5.41) is 9.54. The van der Waals surface area contributed by atoms with Crippen LogP contribution in [0.15, 0.2) is 70.6 Å². The van der Waals surface area contributed by atoms with Gasteiger partial charge >= 0.3 is 0 Å². The molecule has 0 spiro atoms. The van der Waals surface area contributed by atoms with Crippen LogP contribution in [-0.2, 0) is 16.3 Å². The van der Waals surface area contributed by atoms with Gasteiger partial charge in [-0.1, -0.05) is 42.5 Å². The van der Waals surface area contributed by atoms with Crippen molar-refractivity contribution in [2.75, 3.05) is 19.6 Å². The number of aromatic amines is 1. The number of aromatic nitrogens is 2. The molecule has 3 aromatic carbocycles. The standard InChI is InChI=1S/C24H25N3O2S/c28-30(29,23-11-5-9-19-8-1-2-10-20(19)23)24-21-17-18(12-13-22(21)25-26-24)7-6-16-27-14-3-4-15-27/h1-2,5,8-13,17H,3-4,6-7,14-16H2,(H,25,26). The normalized spacial score (nSPS) is 15.3. The molecule has 0 bridgehead atoms. The largest absolute Gasteiger partial charge is 0.303 e. The van der Waals surface area contributed by atoms with Gasteiger partial charge in [-0.15, -0.1) is 0 Å². The molecule has 1 aliphatic rings. The zero-order valence-corrected chi connectivity index (χ0v) is 17.7. The number of hydrogen-bond donors (Lipinski definition) is 1. The van der Waals surface area contributed by atoms with E-state index in [-0.39, 0.29) is 5.03 Å². The van der Waals surface area contributed by atoms with Gasteiger partial charge in [-0.05, 0) is 74.5 Å². The first-order valence-electron chi connectivity index (χ1n) is 10.6. The lowest BCUT2D eigenvalue weighted by Crippen LogP contribution is -2.20. The minimum atomic E-state index is -3.73. The predicted octanol–water partition coefficient (Wildman–Crippen LogP) is 4.58. The van der Waals surface area contributed by atoms with Crippen molar-refractivity contribution in [3.05, 3.63) is 66.2 Å². The molecule has 154 valence electrons. The second kappa shape index (κ2) is 7.85. The van der Waals surface area contributed by atoms with Gasteiger partial charge in [-0.3, -0.25) is 5.10 Å². The minimum absolute atomic E-state index is 0.176. The number of fused-ring (bicyclic) bond motifs is 2. The Labute approximate surface area is 176 Å². The molecular weight excluding hydrogens is 394 g/mol. The highest BCUT2D eigenvalue weighted by Crippen LogP contribution is 2.31. The number of sulfone groups is 1. The van der Waals surface area contributed by atoms with Crippen molar-refractivity contribution in [2.45, 2.75) is 35.6 Å². The molecule has 1 fully saturated rings. The molecule has 0 aliphatic carbocycles. The van der Waals surface area contributed by atoms with Gasteiger partial charge < -0.3 is 4.90 Å². The molecular formula is C24H25N3O2S. The van der Waals surface area contributed by atoms with Crippen LogP contribution in [0.1, 0.15) is 24.8 Å². The Balaban J connectivity index is 1.48. The van der Waals surface area contributed by atoms with Gasteiger partial charge in [0.2, 0.25) is 9.84 Å². The van der Waals surface area contributed by atoms with Gasteiger partial charge in [-0.2, -0.15) is 5.10 Å². The third kappa shape index (κ3) is 3.50. The number of benzene rings is 3. The molecule has 4 aromatic rings. The van der Waals surface area contributed by atoms with Gasteiger partial charge in [0.25, 0.3) is 0 Å². The number of nitrogens with zero attached hydrogens (tertiary/aromatic N) is 2. The van der Waals surface area contributed by atoms with E-state index in [0.717, 1.165) is 35.7 Å². The Morgan fingerprint density at radius 3 is 2.60 bits per heavy atom. The smallest absolute Gasteiger partial charge is 0.224 e.